The Bertz CT molecular complexity index is 721. The fourth-order valence-corrected chi connectivity index (χ4v) is 2.80. The minimum atomic E-state index is -0.349. The molecule has 2 amide bonds. The molecular formula is C17H16ClN3O2. The zero-order valence-corrected chi connectivity index (χ0v) is 13.2. The second-order valence-electron chi connectivity index (χ2n) is 5.46. The molecule has 6 heteroatoms. The number of carbonyl (C=O) groups excluding carboxylic acids is 2. The summed E-state index contributed by atoms with van der Waals surface area (Å²) in [6, 6.07) is 10.8. The minimum Gasteiger partial charge on any atom is -0.352 e. The van der Waals surface area contributed by atoms with Crippen molar-refractivity contribution in [1.29, 1.82) is 0 Å². The number of anilines is 1. The summed E-state index contributed by atoms with van der Waals surface area (Å²) in [5, 5.41) is 3.43. The zero-order chi connectivity index (χ0) is 16.2. The van der Waals surface area contributed by atoms with E-state index in [0.717, 1.165) is 11.3 Å². The third kappa shape index (κ3) is 3.68. The number of hydrogen-bond acceptors (Lipinski definition) is 3. The lowest BCUT2D eigenvalue weighted by molar-refractivity contribution is -0.126. The van der Waals surface area contributed by atoms with Crippen LogP contribution in [0.1, 0.15) is 12.0 Å². The number of halogens is 1. The Morgan fingerprint density at radius 1 is 1.35 bits per heavy atom. The molecule has 0 spiro atoms. The zero-order valence-electron chi connectivity index (χ0n) is 12.4. The molecule has 23 heavy (non-hydrogen) atoms. The summed E-state index contributed by atoms with van der Waals surface area (Å²) in [4.78, 5) is 30.1. The first-order valence-corrected chi connectivity index (χ1v) is 7.74. The van der Waals surface area contributed by atoms with Gasteiger partial charge in [0, 0.05) is 42.6 Å². The SMILES string of the molecule is O=C(NCc1cccnc1)[C@H]1CC(=O)N(c2cccc(Cl)c2)C1. The maximum absolute atomic E-state index is 12.3. The maximum atomic E-state index is 12.3. The molecule has 1 aliphatic rings. The molecule has 2 aromatic rings. The number of amides is 2. The van der Waals surface area contributed by atoms with Crippen molar-refractivity contribution in [1.82, 2.24) is 10.3 Å². The van der Waals surface area contributed by atoms with E-state index in [1.54, 1.807) is 35.5 Å². The van der Waals surface area contributed by atoms with E-state index in [0.29, 0.717) is 18.1 Å². The van der Waals surface area contributed by atoms with Crippen LogP contribution < -0.4 is 10.2 Å². The van der Waals surface area contributed by atoms with Gasteiger partial charge in [-0.1, -0.05) is 23.7 Å². The summed E-state index contributed by atoms with van der Waals surface area (Å²) in [7, 11) is 0. The van der Waals surface area contributed by atoms with Crippen LogP contribution in [0.5, 0.6) is 0 Å². The Kier molecular flexibility index (Phi) is 4.57. The molecule has 5 nitrogen and oxygen atoms in total. The highest BCUT2D eigenvalue weighted by molar-refractivity contribution is 6.30. The third-order valence-electron chi connectivity index (χ3n) is 3.81. The van der Waals surface area contributed by atoms with E-state index in [4.69, 9.17) is 11.6 Å². The smallest absolute Gasteiger partial charge is 0.227 e. The highest BCUT2D eigenvalue weighted by atomic mass is 35.5. The van der Waals surface area contributed by atoms with Gasteiger partial charge in [0.25, 0.3) is 0 Å². The van der Waals surface area contributed by atoms with Gasteiger partial charge in [-0.15, -0.1) is 0 Å². The molecule has 0 aliphatic carbocycles. The molecule has 0 saturated carbocycles. The molecule has 1 fully saturated rings. The van der Waals surface area contributed by atoms with Gasteiger partial charge in [0.05, 0.1) is 5.92 Å². The lowest BCUT2D eigenvalue weighted by Gasteiger charge is -2.17. The number of rotatable bonds is 4. The predicted molar refractivity (Wildman–Crippen MR) is 88.0 cm³/mol. The molecule has 1 N–H and O–H groups in total. The largest absolute Gasteiger partial charge is 0.352 e. The quantitative estimate of drug-likeness (QED) is 0.937. The van der Waals surface area contributed by atoms with Crippen molar-refractivity contribution in [2.45, 2.75) is 13.0 Å². The lowest BCUT2D eigenvalue weighted by Crippen LogP contribution is -2.32. The van der Waals surface area contributed by atoms with E-state index in [2.05, 4.69) is 10.3 Å². The van der Waals surface area contributed by atoms with Crippen molar-refractivity contribution in [3.63, 3.8) is 0 Å². The Labute approximate surface area is 139 Å². The van der Waals surface area contributed by atoms with Crippen LogP contribution in [0.2, 0.25) is 5.02 Å². The molecule has 1 saturated heterocycles. The summed E-state index contributed by atoms with van der Waals surface area (Å²) in [6.07, 6.45) is 3.60. The van der Waals surface area contributed by atoms with Crippen molar-refractivity contribution in [2.75, 3.05) is 11.4 Å². The van der Waals surface area contributed by atoms with Crippen molar-refractivity contribution in [3.8, 4) is 0 Å². The van der Waals surface area contributed by atoms with Gasteiger partial charge in [-0.05, 0) is 29.8 Å². The average molecular weight is 330 g/mol. The second kappa shape index (κ2) is 6.79. The van der Waals surface area contributed by atoms with Crippen molar-refractivity contribution < 1.29 is 9.59 Å². The highest BCUT2D eigenvalue weighted by Crippen LogP contribution is 2.27. The summed E-state index contributed by atoms with van der Waals surface area (Å²) < 4.78 is 0. The van der Waals surface area contributed by atoms with Crippen LogP contribution >= 0.6 is 11.6 Å². The maximum Gasteiger partial charge on any atom is 0.227 e. The van der Waals surface area contributed by atoms with E-state index >= 15 is 0 Å². The number of hydrogen-bond donors (Lipinski definition) is 1. The van der Waals surface area contributed by atoms with Gasteiger partial charge >= 0.3 is 0 Å². The average Bonchev–Trinajstić information content (AvgIpc) is 2.95. The number of pyridine rings is 1. The standard InChI is InChI=1S/C17H16ClN3O2/c18-14-4-1-5-15(8-14)21-11-13(7-16(21)22)17(23)20-10-12-3-2-6-19-9-12/h1-6,8-9,13H,7,10-11H2,(H,20,23)/t13-/m0/s1. The molecule has 0 radical (unpaired) electrons. The number of aromatic nitrogens is 1. The van der Waals surface area contributed by atoms with Gasteiger partial charge in [-0.25, -0.2) is 0 Å². The minimum absolute atomic E-state index is 0.0613. The summed E-state index contributed by atoms with van der Waals surface area (Å²) in [6.45, 7) is 0.784. The summed E-state index contributed by atoms with van der Waals surface area (Å²) in [5.74, 6) is -0.529. The Morgan fingerprint density at radius 3 is 2.96 bits per heavy atom. The Balaban J connectivity index is 1.62. The van der Waals surface area contributed by atoms with Crippen LogP contribution in [0, 0.1) is 5.92 Å². The van der Waals surface area contributed by atoms with E-state index in [1.807, 2.05) is 18.2 Å². The van der Waals surface area contributed by atoms with Crippen LogP contribution in [0.3, 0.4) is 0 Å². The highest BCUT2D eigenvalue weighted by Gasteiger charge is 2.35. The molecule has 0 unspecified atom stereocenters. The van der Waals surface area contributed by atoms with Gasteiger partial charge in [0.2, 0.25) is 11.8 Å². The van der Waals surface area contributed by atoms with Gasteiger partial charge in [-0.3, -0.25) is 14.6 Å². The molecule has 1 aliphatic heterocycles. The van der Waals surface area contributed by atoms with Gasteiger partial charge < -0.3 is 10.2 Å². The van der Waals surface area contributed by atoms with E-state index < -0.39 is 0 Å². The van der Waals surface area contributed by atoms with Crippen LogP contribution in [-0.4, -0.2) is 23.3 Å². The lowest BCUT2D eigenvalue weighted by atomic mass is 10.1. The summed E-state index contributed by atoms with van der Waals surface area (Å²) >= 11 is 5.96. The van der Waals surface area contributed by atoms with Gasteiger partial charge in [0.15, 0.2) is 0 Å². The molecule has 2 heterocycles. The van der Waals surface area contributed by atoms with Crippen molar-refractivity contribution >= 4 is 29.1 Å². The second-order valence-corrected chi connectivity index (χ2v) is 5.90. The third-order valence-corrected chi connectivity index (χ3v) is 4.04. The monoisotopic (exact) mass is 329 g/mol. The Hall–Kier alpha value is -2.40. The number of nitrogens with zero attached hydrogens (tertiary/aromatic N) is 2. The first-order chi connectivity index (χ1) is 11.1. The van der Waals surface area contributed by atoms with E-state index in [1.165, 1.54) is 0 Å². The molecule has 1 aromatic carbocycles. The molecule has 118 valence electrons. The number of nitrogens with one attached hydrogen (secondary N) is 1. The van der Waals surface area contributed by atoms with Crippen LogP contribution in [0.4, 0.5) is 5.69 Å². The van der Waals surface area contributed by atoms with E-state index in [9.17, 15) is 9.59 Å². The topological polar surface area (TPSA) is 62.3 Å². The van der Waals surface area contributed by atoms with Crippen LogP contribution in [0.25, 0.3) is 0 Å². The number of benzene rings is 1. The predicted octanol–water partition coefficient (Wildman–Crippen LogP) is 2.40. The van der Waals surface area contributed by atoms with E-state index in [-0.39, 0.29) is 24.2 Å². The van der Waals surface area contributed by atoms with Crippen LogP contribution in [0.15, 0.2) is 48.8 Å². The normalized spacial score (nSPS) is 17.3. The molecule has 0 bridgehead atoms. The fourth-order valence-electron chi connectivity index (χ4n) is 2.61. The Morgan fingerprint density at radius 2 is 2.22 bits per heavy atom. The first kappa shape index (κ1) is 15.5. The molecule has 1 aromatic heterocycles. The number of carbonyl (C=O) groups is 2. The van der Waals surface area contributed by atoms with Gasteiger partial charge in [0.1, 0.15) is 0 Å². The first-order valence-electron chi connectivity index (χ1n) is 7.36. The summed E-state index contributed by atoms with van der Waals surface area (Å²) in [5.41, 5.74) is 1.65. The fraction of sp³-hybridized carbons (Fsp3) is 0.235. The van der Waals surface area contributed by atoms with Gasteiger partial charge in [-0.2, -0.15) is 0 Å². The molecule has 1 atom stereocenters. The van der Waals surface area contributed by atoms with Crippen LogP contribution in [-0.2, 0) is 16.1 Å². The van der Waals surface area contributed by atoms with Crippen molar-refractivity contribution in [3.05, 3.63) is 59.4 Å². The molecule has 3 rings (SSSR count). The molecular weight excluding hydrogens is 314 g/mol. The van der Waals surface area contributed by atoms with Crippen molar-refractivity contribution in [2.24, 2.45) is 5.92 Å².